The summed E-state index contributed by atoms with van der Waals surface area (Å²) in [5.74, 6) is 0. The predicted octanol–water partition coefficient (Wildman–Crippen LogP) is -4.99. The maximum absolute atomic E-state index is 10.9. The second-order valence-electron chi connectivity index (χ2n) is 4.49. The summed E-state index contributed by atoms with van der Waals surface area (Å²) in [6, 6.07) is 10.2. The van der Waals surface area contributed by atoms with Gasteiger partial charge in [0, 0.05) is 9.79 Å². The van der Waals surface area contributed by atoms with Crippen LogP contribution in [0.2, 0.25) is 0 Å². The van der Waals surface area contributed by atoms with Crippen molar-refractivity contribution in [3.05, 3.63) is 42.5 Å². The van der Waals surface area contributed by atoms with Gasteiger partial charge in [0.25, 0.3) is 10.1 Å². The van der Waals surface area contributed by atoms with E-state index in [1.165, 1.54) is 0 Å². The quantitative estimate of drug-likeness (QED) is 0.211. The number of hydrogen-bond acceptors (Lipinski definition) is 10. The Morgan fingerprint density at radius 2 is 1.18 bits per heavy atom. The zero-order valence-electron chi connectivity index (χ0n) is 14.4. The van der Waals surface area contributed by atoms with E-state index >= 15 is 0 Å². The molecule has 28 heavy (non-hydrogen) atoms. The Labute approximate surface area is 218 Å². The minimum absolute atomic E-state index is 0. The standard InChI is InChI=1S/C6H6O9S4.C6H6S.2Na/c7-17(8,9)3-1-4(18(10,11)12)6(16)5(2-3)19(13,14)15;7-6-4-2-1-3-5-6;;/h1-2,16H,(H,7,8,9)(H,10,11,12)(H,13,14,15);1-5,7H;;/q;;2*+1/p-2. The van der Waals surface area contributed by atoms with Gasteiger partial charge in [-0.2, -0.15) is 8.42 Å². The van der Waals surface area contributed by atoms with Crippen LogP contribution in [-0.2, 0) is 30.4 Å². The summed E-state index contributed by atoms with van der Waals surface area (Å²) in [5.41, 5.74) is 0. The van der Waals surface area contributed by atoms with Crippen LogP contribution in [0.4, 0.5) is 0 Å². The number of hydrogen-bond donors (Lipinski definition) is 3. The third-order valence-corrected chi connectivity index (χ3v) is 6.24. The van der Waals surface area contributed by atoms with Crippen molar-refractivity contribution in [3.8, 4) is 0 Å². The van der Waals surface area contributed by atoms with Gasteiger partial charge in [-0.05, 0) is 24.3 Å². The van der Waals surface area contributed by atoms with Crippen molar-refractivity contribution >= 4 is 55.6 Å². The smallest absolute Gasteiger partial charge is 0.744 e. The van der Waals surface area contributed by atoms with Crippen LogP contribution in [0.25, 0.3) is 0 Å². The average Bonchev–Trinajstić information content (AvgIpc) is 2.45. The molecule has 0 fully saturated rings. The molecular formula is C12H10Na2O9S5. The Morgan fingerprint density at radius 1 is 0.750 bits per heavy atom. The van der Waals surface area contributed by atoms with Gasteiger partial charge in [-0.3, -0.25) is 4.55 Å². The number of rotatable bonds is 3. The Balaban J connectivity index is 0. The number of thiol groups is 2. The van der Waals surface area contributed by atoms with Crippen LogP contribution in [0.5, 0.6) is 0 Å². The van der Waals surface area contributed by atoms with Crippen LogP contribution in [0.1, 0.15) is 0 Å². The van der Waals surface area contributed by atoms with Crippen molar-refractivity contribution < 1.29 is 98.0 Å². The molecule has 0 unspecified atom stereocenters. The van der Waals surface area contributed by atoms with Gasteiger partial charge in [0.05, 0.1) is 9.79 Å². The van der Waals surface area contributed by atoms with E-state index in [-0.39, 0.29) is 71.2 Å². The molecule has 2 aromatic carbocycles. The van der Waals surface area contributed by atoms with Crippen LogP contribution in [0.15, 0.2) is 66.9 Å². The fraction of sp³-hybridized carbons (Fsp3) is 0. The maximum atomic E-state index is 10.9. The first kappa shape index (κ1) is 31.1. The van der Waals surface area contributed by atoms with E-state index in [9.17, 15) is 34.4 Å². The molecule has 0 heterocycles. The average molecular weight is 505 g/mol. The molecule has 0 atom stereocenters. The van der Waals surface area contributed by atoms with Crippen LogP contribution in [0.3, 0.4) is 0 Å². The molecule has 2 aromatic rings. The Morgan fingerprint density at radius 3 is 1.46 bits per heavy atom. The minimum Gasteiger partial charge on any atom is -0.744 e. The summed E-state index contributed by atoms with van der Waals surface area (Å²) >= 11 is 7.51. The summed E-state index contributed by atoms with van der Waals surface area (Å²) in [6.07, 6.45) is 0. The summed E-state index contributed by atoms with van der Waals surface area (Å²) in [4.78, 5) is -3.89. The molecule has 16 heteroatoms. The fourth-order valence-electron chi connectivity index (χ4n) is 1.52. The molecule has 0 spiro atoms. The van der Waals surface area contributed by atoms with Gasteiger partial charge in [-0.1, -0.05) is 18.2 Å². The van der Waals surface area contributed by atoms with Crippen LogP contribution in [0, 0.1) is 0 Å². The van der Waals surface area contributed by atoms with Gasteiger partial charge in [0.15, 0.2) is 0 Å². The Hall–Kier alpha value is 0.870. The largest absolute Gasteiger partial charge is 1.00 e. The summed E-state index contributed by atoms with van der Waals surface area (Å²) in [6.45, 7) is 0. The molecule has 0 saturated heterocycles. The summed E-state index contributed by atoms with van der Waals surface area (Å²) in [7, 11) is -15.6. The van der Waals surface area contributed by atoms with Crippen molar-refractivity contribution in [1.29, 1.82) is 0 Å². The zero-order valence-corrected chi connectivity index (χ0v) is 22.6. The molecule has 9 nitrogen and oxygen atoms in total. The molecule has 0 saturated carbocycles. The first-order valence-corrected chi connectivity index (χ1v) is 11.3. The molecule has 0 aliphatic carbocycles. The maximum Gasteiger partial charge on any atom is 1.00 e. The number of benzene rings is 2. The molecular weight excluding hydrogens is 494 g/mol. The van der Waals surface area contributed by atoms with E-state index in [0.717, 1.165) is 4.90 Å². The third-order valence-electron chi connectivity index (χ3n) is 2.61. The topological polar surface area (TPSA) is 169 Å². The van der Waals surface area contributed by atoms with Crippen LogP contribution in [-0.4, -0.2) is 38.9 Å². The van der Waals surface area contributed by atoms with Crippen LogP contribution < -0.4 is 59.1 Å². The first-order valence-electron chi connectivity index (χ1n) is 6.14. The molecule has 0 aromatic heterocycles. The normalized spacial score (nSPS) is 11.3. The molecule has 0 radical (unpaired) electrons. The van der Waals surface area contributed by atoms with E-state index < -0.39 is 49.9 Å². The second kappa shape index (κ2) is 12.0. The van der Waals surface area contributed by atoms with Gasteiger partial charge >= 0.3 is 59.1 Å². The Kier molecular flexibility index (Phi) is 13.4. The van der Waals surface area contributed by atoms with Gasteiger partial charge in [-0.15, -0.1) is 25.3 Å². The van der Waals surface area contributed by atoms with Crippen molar-refractivity contribution in [1.82, 2.24) is 0 Å². The van der Waals surface area contributed by atoms with Gasteiger partial charge in [0.1, 0.15) is 25.1 Å². The van der Waals surface area contributed by atoms with Gasteiger partial charge in [0.2, 0.25) is 0 Å². The van der Waals surface area contributed by atoms with E-state index in [4.69, 9.17) is 4.55 Å². The van der Waals surface area contributed by atoms with E-state index in [2.05, 4.69) is 25.3 Å². The van der Waals surface area contributed by atoms with Crippen molar-refractivity contribution in [3.63, 3.8) is 0 Å². The third kappa shape index (κ3) is 9.78. The first-order chi connectivity index (χ1) is 11.6. The summed E-state index contributed by atoms with van der Waals surface area (Å²) < 4.78 is 95.4. The SMILES string of the molecule is O=S(=O)([O-])c1cc(S(=O)(=O)[O-])c(S)c(S(=O)(=O)O)c1.Sc1ccccc1.[Na+].[Na+]. The van der Waals surface area contributed by atoms with E-state index in [0.29, 0.717) is 0 Å². The minimum atomic E-state index is -5.30. The van der Waals surface area contributed by atoms with E-state index in [1.54, 1.807) is 0 Å². The van der Waals surface area contributed by atoms with Gasteiger partial charge in [-0.25, -0.2) is 16.8 Å². The molecule has 0 bridgehead atoms. The molecule has 0 amide bonds. The molecule has 144 valence electrons. The van der Waals surface area contributed by atoms with Gasteiger partial charge < -0.3 is 9.11 Å². The Bertz CT molecular complexity index is 1060. The molecule has 1 N–H and O–H groups in total. The fourth-order valence-corrected chi connectivity index (χ4v) is 4.49. The molecule has 0 aliphatic rings. The molecule has 0 aliphatic heterocycles. The molecule has 2 rings (SSSR count). The zero-order chi connectivity index (χ0) is 20.3. The van der Waals surface area contributed by atoms with Crippen LogP contribution >= 0.6 is 25.3 Å². The predicted molar refractivity (Wildman–Crippen MR) is 93.1 cm³/mol. The second-order valence-corrected chi connectivity index (χ2v) is 9.57. The van der Waals surface area contributed by atoms with Crippen molar-refractivity contribution in [2.45, 2.75) is 24.5 Å². The van der Waals surface area contributed by atoms with E-state index in [1.807, 2.05) is 30.3 Å². The van der Waals surface area contributed by atoms with Crippen molar-refractivity contribution in [2.24, 2.45) is 0 Å². The van der Waals surface area contributed by atoms with Crippen molar-refractivity contribution in [2.75, 3.05) is 0 Å². The summed E-state index contributed by atoms with van der Waals surface area (Å²) in [5, 5.41) is 0. The monoisotopic (exact) mass is 504 g/mol.